The van der Waals surface area contributed by atoms with E-state index < -0.39 is 0 Å². The van der Waals surface area contributed by atoms with Crippen molar-refractivity contribution in [3.05, 3.63) is 0 Å². The molecule has 76 valence electrons. The smallest absolute Gasteiger partial charge is 0.245 e. The van der Waals surface area contributed by atoms with E-state index in [0.29, 0.717) is 6.54 Å². The number of rotatable bonds is 4. The standard InChI is InChI=1S/C9H18N2O2/c1-11-8(12)6-13-9(7-10)4-2-3-5-9/h2-7,10H2,1H3,(H,11,12). The maximum Gasteiger partial charge on any atom is 0.245 e. The number of amides is 1. The van der Waals surface area contributed by atoms with Gasteiger partial charge < -0.3 is 15.8 Å². The lowest BCUT2D eigenvalue weighted by atomic mass is 10.0. The van der Waals surface area contributed by atoms with Crippen molar-refractivity contribution in [1.82, 2.24) is 5.32 Å². The second kappa shape index (κ2) is 4.58. The first-order valence-electron chi connectivity index (χ1n) is 4.77. The molecule has 4 nitrogen and oxygen atoms in total. The summed E-state index contributed by atoms with van der Waals surface area (Å²) in [5, 5.41) is 2.53. The van der Waals surface area contributed by atoms with E-state index in [1.54, 1.807) is 7.05 Å². The van der Waals surface area contributed by atoms with Gasteiger partial charge in [0.25, 0.3) is 0 Å². The lowest BCUT2D eigenvalue weighted by Crippen LogP contribution is -2.40. The number of likely N-dealkylation sites (N-methyl/N-ethyl adjacent to an activating group) is 1. The second-order valence-corrected chi connectivity index (χ2v) is 3.56. The first-order valence-corrected chi connectivity index (χ1v) is 4.77. The van der Waals surface area contributed by atoms with E-state index in [4.69, 9.17) is 10.5 Å². The van der Waals surface area contributed by atoms with Crippen molar-refractivity contribution in [3.8, 4) is 0 Å². The highest BCUT2D eigenvalue weighted by Gasteiger charge is 2.33. The average molecular weight is 186 g/mol. The van der Waals surface area contributed by atoms with Gasteiger partial charge in [-0.25, -0.2) is 0 Å². The molecule has 1 rings (SSSR count). The topological polar surface area (TPSA) is 64.3 Å². The van der Waals surface area contributed by atoms with Crippen molar-refractivity contribution >= 4 is 5.91 Å². The Hall–Kier alpha value is -0.610. The summed E-state index contributed by atoms with van der Waals surface area (Å²) in [7, 11) is 1.61. The summed E-state index contributed by atoms with van der Waals surface area (Å²) >= 11 is 0. The maximum absolute atomic E-state index is 10.9. The van der Waals surface area contributed by atoms with Crippen molar-refractivity contribution in [1.29, 1.82) is 0 Å². The van der Waals surface area contributed by atoms with Crippen LogP contribution in [0.25, 0.3) is 0 Å². The molecule has 0 spiro atoms. The van der Waals surface area contributed by atoms with Gasteiger partial charge in [-0.1, -0.05) is 12.8 Å². The Kier molecular flexibility index (Phi) is 3.69. The van der Waals surface area contributed by atoms with Crippen LogP contribution in [0, 0.1) is 0 Å². The summed E-state index contributed by atoms with van der Waals surface area (Å²) in [6.45, 7) is 0.650. The predicted octanol–water partition coefficient (Wildman–Crippen LogP) is 0.0205. The first kappa shape index (κ1) is 10.5. The van der Waals surface area contributed by atoms with Gasteiger partial charge in [0.05, 0.1) is 5.60 Å². The largest absolute Gasteiger partial charge is 0.364 e. The highest BCUT2D eigenvalue weighted by molar-refractivity contribution is 5.76. The summed E-state index contributed by atoms with van der Waals surface area (Å²) in [5.74, 6) is -0.0836. The summed E-state index contributed by atoms with van der Waals surface area (Å²) in [5.41, 5.74) is 5.42. The van der Waals surface area contributed by atoms with Gasteiger partial charge in [-0.05, 0) is 12.8 Å². The molecule has 0 aromatic carbocycles. The Morgan fingerprint density at radius 1 is 1.54 bits per heavy atom. The van der Waals surface area contributed by atoms with E-state index in [-0.39, 0.29) is 18.1 Å². The van der Waals surface area contributed by atoms with Gasteiger partial charge >= 0.3 is 0 Å². The van der Waals surface area contributed by atoms with Crippen LogP contribution in [0.2, 0.25) is 0 Å². The number of carbonyl (C=O) groups excluding carboxylic acids is 1. The second-order valence-electron chi connectivity index (χ2n) is 3.56. The number of ether oxygens (including phenoxy) is 1. The monoisotopic (exact) mass is 186 g/mol. The van der Waals surface area contributed by atoms with Crippen LogP contribution in [0.5, 0.6) is 0 Å². The van der Waals surface area contributed by atoms with E-state index in [9.17, 15) is 4.79 Å². The van der Waals surface area contributed by atoms with E-state index in [1.807, 2.05) is 0 Å². The zero-order chi connectivity index (χ0) is 9.73. The molecule has 0 radical (unpaired) electrons. The SMILES string of the molecule is CNC(=O)COC1(CN)CCCC1. The average Bonchev–Trinajstić information content (AvgIpc) is 2.63. The molecule has 3 N–H and O–H groups in total. The van der Waals surface area contributed by atoms with E-state index in [1.165, 1.54) is 0 Å². The van der Waals surface area contributed by atoms with Gasteiger partial charge in [-0.2, -0.15) is 0 Å². The Balaban J connectivity index is 2.35. The molecule has 1 fully saturated rings. The summed E-state index contributed by atoms with van der Waals surface area (Å²) < 4.78 is 5.56. The van der Waals surface area contributed by atoms with Crippen LogP contribution in [0.15, 0.2) is 0 Å². The van der Waals surface area contributed by atoms with Crippen LogP contribution in [0.4, 0.5) is 0 Å². The molecular formula is C9H18N2O2. The molecule has 1 amide bonds. The van der Waals surface area contributed by atoms with Gasteiger partial charge in [0.2, 0.25) is 5.91 Å². The van der Waals surface area contributed by atoms with Crippen LogP contribution in [0.3, 0.4) is 0 Å². The molecule has 0 aromatic rings. The first-order chi connectivity index (χ1) is 6.22. The van der Waals surface area contributed by atoms with Crippen LogP contribution < -0.4 is 11.1 Å². The van der Waals surface area contributed by atoms with Crippen molar-refractivity contribution in [2.24, 2.45) is 5.73 Å². The van der Waals surface area contributed by atoms with Gasteiger partial charge in [-0.15, -0.1) is 0 Å². The quantitative estimate of drug-likeness (QED) is 0.650. The molecule has 0 aromatic heterocycles. The van der Waals surface area contributed by atoms with Crippen LogP contribution >= 0.6 is 0 Å². The van der Waals surface area contributed by atoms with E-state index in [0.717, 1.165) is 25.7 Å². The zero-order valence-electron chi connectivity index (χ0n) is 8.14. The zero-order valence-corrected chi connectivity index (χ0v) is 8.14. The summed E-state index contributed by atoms with van der Waals surface area (Å²) in [6, 6.07) is 0. The third-order valence-corrected chi connectivity index (χ3v) is 2.68. The Labute approximate surface area is 78.8 Å². The lowest BCUT2D eigenvalue weighted by Gasteiger charge is -2.27. The molecule has 4 heteroatoms. The third-order valence-electron chi connectivity index (χ3n) is 2.68. The van der Waals surface area contributed by atoms with Gasteiger partial charge in [0.15, 0.2) is 0 Å². The third kappa shape index (κ3) is 2.67. The fourth-order valence-electron chi connectivity index (χ4n) is 1.72. The Bertz CT molecular complexity index is 176. The number of nitrogens with two attached hydrogens (primary N) is 1. The molecule has 1 saturated carbocycles. The van der Waals surface area contributed by atoms with E-state index in [2.05, 4.69) is 5.32 Å². The van der Waals surface area contributed by atoms with Crippen molar-refractivity contribution in [3.63, 3.8) is 0 Å². The van der Waals surface area contributed by atoms with E-state index >= 15 is 0 Å². The molecule has 0 saturated heterocycles. The molecule has 0 unspecified atom stereocenters. The molecule has 0 aliphatic heterocycles. The van der Waals surface area contributed by atoms with Gasteiger partial charge in [0, 0.05) is 13.6 Å². The Morgan fingerprint density at radius 3 is 2.62 bits per heavy atom. The molecule has 1 aliphatic rings. The highest BCUT2D eigenvalue weighted by Crippen LogP contribution is 2.31. The highest BCUT2D eigenvalue weighted by atomic mass is 16.5. The number of nitrogens with one attached hydrogen (secondary N) is 1. The minimum absolute atomic E-state index is 0.0836. The number of carbonyl (C=O) groups is 1. The molecule has 0 atom stereocenters. The lowest BCUT2D eigenvalue weighted by molar-refractivity contribution is -0.132. The maximum atomic E-state index is 10.9. The molecular weight excluding hydrogens is 168 g/mol. The fraction of sp³-hybridized carbons (Fsp3) is 0.889. The molecule has 0 bridgehead atoms. The predicted molar refractivity (Wildman–Crippen MR) is 50.3 cm³/mol. The van der Waals surface area contributed by atoms with Gasteiger partial charge in [0.1, 0.15) is 6.61 Å². The summed E-state index contributed by atoms with van der Waals surface area (Å²) in [4.78, 5) is 10.9. The fourth-order valence-corrected chi connectivity index (χ4v) is 1.72. The van der Waals surface area contributed by atoms with Gasteiger partial charge in [-0.3, -0.25) is 4.79 Å². The van der Waals surface area contributed by atoms with Crippen molar-refractivity contribution in [2.75, 3.05) is 20.2 Å². The van der Waals surface area contributed by atoms with Crippen LogP contribution in [-0.2, 0) is 9.53 Å². The van der Waals surface area contributed by atoms with Crippen molar-refractivity contribution < 1.29 is 9.53 Å². The summed E-state index contributed by atoms with van der Waals surface area (Å²) in [6.07, 6.45) is 4.29. The minimum atomic E-state index is -0.216. The number of hydrogen-bond acceptors (Lipinski definition) is 3. The van der Waals surface area contributed by atoms with Crippen molar-refractivity contribution in [2.45, 2.75) is 31.3 Å². The Morgan fingerprint density at radius 2 is 2.15 bits per heavy atom. The minimum Gasteiger partial charge on any atom is -0.364 e. The normalized spacial score (nSPS) is 20.2. The molecule has 1 aliphatic carbocycles. The van der Waals surface area contributed by atoms with Crippen LogP contribution in [-0.4, -0.2) is 31.7 Å². The molecule has 0 heterocycles. The number of hydrogen-bond donors (Lipinski definition) is 2. The molecule has 13 heavy (non-hydrogen) atoms. The van der Waals surface area contributed by atoms with Crippen LogP contribution in [0.1, 0.15) is 25.7 Å².